The summed E-state index contributed by atoms with van der Waals surface area (Å²) in [6, 6.07) is 7.53. The Labute approximate surface area is 123 Å². The van der Waals surface area contributed by atoms with Crippen LogP contribution in [0.4, 0.5) is 0 Å². The van der Waals surface area contributed by atoms with E-state index in [9.17, 15) is 14.4 Å². The van der Waals surface area contributed by atoms with Gasteiger partial charge in [-0.15, -0.1) is 11.3 Å². The van der Waals surface area contributed by atoms with Gasteiger partial charge in [0.1, 0.15) is 5.56 Å². The van der Waals surface area contributed by atoms with Gasteiger partial charge in [0.25, 0.3) is 5.56 Å². The van der Waals surface area contributed by atoms with Gasteiger partial charge in [-0.1, -0.05) is 18.2 Å². The number of hydrogen-bond acceptors (Lipinski definition) is 4. The second kappa shape index (κ2) is 4.82. The lowest BCUT2D eigenvalue weighted by Gasteiger charge is -2.05. The van der Waals surface area contributed by atoms with Crippen molar-refractivity contribution in [3.05, 3.63) is 67.8 Å². The molecule has 0 aliphatic rings. The standard InChI is InChI=1S/C15H12N2O3S/c1-16-7-10(14(19)17(2)15(16)20)13(18)11-8-21-12-6-4-3-5-9(11)12/h3-8H,1-2H3. The average molecular weight is 300 g/mol. The molecule has 0 N–H and O–H groups in total. The van der Waals surface area contributed by atoms with Gasteiger partial charge in [-0.2, -0.15) is 0 Å². The molecule has 0 aliphatic carbocycles. The van der Waals surface area contributed by atoms with Crippen molar-refractivity contribution in [2.45, 2.75) is 0 Å². The van der Waals surface area contributed by atoms with Crippen LogP contribution >= 0.6 is 11.3 Å². The van der Waals surface area contributed by atoms with Gasteiger partial charge >= 0.3 is 5.69 Å². The maximum Gasteiger partial charge on any atom is 0.330 e. The molecule has 0 spiro atoms. The van der Waals surface area contributed by atoms with Crippen LogP contribution in [0.25, 0.3) is 10.1 Å². The summed E-state index contributed by atoms with van der Waals surface area (Å²) in [6.07, 6.45) is 1.30. The summed E-state index contributed by atoms with van der Waals surface area (Å²) in [4.78, 5) is 36.5. The number of fused-ring (bicyclic) bond motifs is 1. The van der Waals surface area contributed by atoms with Crippen molar-refractivity contribution in [3.63, 3.8) is 0 Å². The van der Waals surface area contributed by atoms with Gasteiger partial charge in [0.05, 0.1) is 0 Å². The quantitative estimate of drug-likeness (QED) is 0.674. The SMILES string of the molecule is Cn1cc(C(=O)c2csc3ccccc23)c(=O)n(C)c1=O. The molecular weight excluding hydrogens is 288 g/mol. The minimum atomic E-state index is -0.571. The van der Waals surface area contributed by atoms with E-state index in [1.807, 2.05) is 24.3 Å². The number of rotatable bonds is 2. The lowest BCUT2D eigenvalue weighted by Crippen LogP contribution is -2.39. The third kappa shape index (κ3) is 2.04. The summed E-state index contributed by atoms with van der Waals surface area (Å²) in [5, 5.41) is 2.57. The Hall–Kier alpha value is -2.47. The van der Waals surface area contributed by atoms with E-state index in [-0.39, 0.29) is 11.3 Å². The van der Waals surface area contributed by atoms with Gasteiger partial charge in [0.2, 0.25) is 5.78 Å². The van der Waals surface area contributed by atoms with Crippen molar-refractivity contribution in [2.24, 2.45) is 14.1 Å². The fourth-order valence-electron chi connectivity index (χ4n) is 2.26. The highest BCUT2D eigenvalue weighted by Gasteiger charge is 2.19. The molecule has 0 atom stereocenters. The molecule has 0 amide bonds. The predicted molar refractivity (Wildman–Crippen MR) is 82.2 cm³/mol. The zero-order valence-electron chi connectivity index (χ0n) is 11.5. The van der Waals surface area contributed by atoms with Crippen molar-refractivity contribution in [2.75, 3.05) is 0 Å². The smallest absolute Gasteiger partial charge is 0.303 e. The molecule has 106 valence electrons. The van der Waals surface area contributed by atoms with E-state index in [1.54, 1.807) is 5.38 Å². The number of ketones is 1. The number of aryl methyl sites for hydroxylation is 1. The number of benzene rings is 1. The number of carbonyl (C=O) groups is 1. The van der Waals surface area contributed by atoms with E-state index in [0.717, 1.165) is 14.7 Å². The Morgan fingerprint density at radius 2 is 1.81 bits per heavy atom. The van der Waals surface area contributed by atoms with Gasteiger partial charge in [-0.05, 0) is 6.07 Å². The molecule has 0 radical (unpaired) electrons. The summed E-state index contributed by atoms with van der Waals surface area (Å²) < 4.78 is 3.17. The molecule has 2 heterocycles. The number of hydrogen-bond donors (Lipinski definition) is 0. The molecule has 6 heteroatoms. The molecule has 3 rings (SSSR count). The van der Waals surface area contributed by atoms with Crippen LogP contribution in [0.2, 0.25) is 0 Å². The van der Waals surface area contributed by atoms with Crippen molar-refractivity contribution < 1.29 is 4.79 Å². The first kappa shape index (κ1) is 13.5. The van der Waals surface area contributed by atoms with E-state index in [4.69, 9.17) is 0 Å². The number of carbonyl (C=O) groups excluding carboxylic acids is 1. The number of nitrogens with zero attached hydrogens (tertiary/aromatic N) is 2. The minimum Gasteiger partial charge on any atom is -0.303 e. The van der Waals surface area contributed by atoms with Crippen molar-refractivity contribution in [1.82, 2.24) is 9.13 Å². The largest absolute Gasteiger partial charge is 0.330 e. The first-order chi connectivity index (χ1) is 10.0. The summed E-state index contributed by atoms with van der Waals surface area (Å²) in [7, 11) is 2.89. The summed E-state index contributed by atoms with van der Waals surface area (Å²) in [5.41, 5.74) is -0.528. The van der Waals surface area contributed by atoms with Crippen LogP contribution in [0.1, 0.15) is 15.9 Å². The maximum absolute atomic E-state index is 12.6. The molecule has 0 aliphatic heterocycles. The van der Waals surface area contributed by atoms with Crippen LogP contribution in [0, 0.1) is 0 Å². The molecule has 2 aromatic heterocycles. The molecule has 0 saturated carbocycles. The number of thiophene rings is 1. The second-order valence-electron chi connectivity index (χ2n) is 4.78. The van der Waals surface area contributed by atoms with E-state index < -0.39 is 11.2 Å². The van der Waals surface area contributed by atoms with Gasteiger partial charge in [0.15, 0.2) is 0 Å². The molecular formula is C15H12N2O3S. The van der Waals surface area contributed by atoms with Crippen LogP contribution in [-0.2, 0) is 14.1 Å². The van der Waals surface area contributed by atoms with Gasteiger partial charge < -0.3 is 4.57 Å². The maximum atomic E-state index is 12.6. The first-order valence-electron chi connectivity index (χ1n) is 6.28. The van der Waals surface area contributed by atoms with Crippen molar-refractivity contribution in [1.29, 1.82) is 0 Å². The highest BCUT2D eigenvalue weighted by molar-refractivity contribution is 7.17. The first-order valence-corrected chi connectivity index (χ1v) is 7.16. The Morgan fingerprint density at radius 3 is 2.57 bits per heavy atom. The fraction of sp³-hybridized carbons (Fsp3) is 0.133. The second-order valence-corrected chi connectivity index (χ2v) is 5.69. The van der Waals surface area contributed by atoms with Crippen LogP contribution in [-0.4, -0.2) is 14.9 Å². The van der Waals surface area contributed by atoms with Crippen LogP contribution in [0.5, 0.6) is 0 Å². The third-order valence-corrected chi connectivity index (χ3v) is 4.38. The van der Waals surface area contributed by atoms with Crippen LogP contribution in [0.3, 0.4) is 0 Å². The number of aromatic nitrogens is 2. The minimum absolute atomic E-state index is 0.00292. The van der Waals surface area contributed by atoms with Crippen molar-refractivity contribution >= 4 is 27.2 Å². The van der Waals surface area contributed by atoms with E-state index in [2.05, 4.69) is 0 Å². The Morgan fingerprint density at radius 1 is 1.10 bits per heavy atom. The van der Waals surface area contributed by atoms with Gasteiger partial charge in [-0.3, -0.25) is 14.2 Å². The van der Waals surface area contributed by atoms with Crippen molar-refractivity contribution in [3.8, 4) is 0 Å². The molecule has 0 unspecified atom stereocenters. The van der Waals surface area contributed by atoms with Crippen LogP contribution < -0.4 is 11.2 Å². The monoisotopic (exact) mass is 300 g/mol. The molecule has 3 aromatic rings. The van der Waals surface area contributed by atoms with Crippen LogP contribution in [0.15, 0.2) is 45.4 Å². The van der Waals surface area contributed by atoms with E-state index >= 15 is 0 Å². The Kier molecular flexibility index (Phi) is 3.10. The highest BCUT2D eigenvalue weighted by atomic mass is 32.1. The molecule has 0 bridgehead atoms. The topological polar surface area (TPSA) is 61.1 Å². The molecule has 5 nitrogen and oxygen atoms in total. The third-order valence-electron chi connectivity index (χ3n) is 3.42. The lowest BCUT2D eigenvalue weighted by molar-refractivity contribution is 0.103. The normalized spacial score (nSPS) is 11.0. The zero-order chi connectivity index (χ0) is 15.1. The molecule has 21 heavy (non-hydrogen) atoms. The summed E-state index contributed by atoms with van der Waals surface area (Å²) in [5.74, 6) is -0.358. The summed E-state index contributed by atoms with van der Waals surface area (Å²) in [6.45, 7) is 0. The summed E-state index contributed by atoms with van der Waals surface area (Å²) >= 11 is 1.46. The highest BCUT2D eigenvalue weighted by Crippen LogP contribution is 2.26. The zero-order valence-corrected chi connectivity index (χ0v) is 12.3. The Bertz CT molecular complexity index is 978. The fourth-order valence-corrected chi connectivity index (χ4v) is 3.20. The van der Waals surface area contributed by atoms with Gasteiger partial charge in [0, 0.05) is 41.3 Å². The average Bonchev–Trinajstić information content (AvgIpc) is 2.92. The Balaban J connectivity index is 2.24. The lowest BCUT2D eigenvalue weighted by atomic mass is 10.1. The van der Waals surface area contributed by atoms with E-state index in [1.165, 1.54) is 36.2 Å². The molecule has 0 saturated heterocycles. The predicted octanol–water partition coefficient (Wildman–Crippen LogP) is 1.53. The van der Waals surface area contributed by atoms with E-state index in [0.29, 0.717) is 5.56 Å². The molecule has 0 fully saturated rings. The van der Waals surface area contributed by atoms with Gasteiger partial charge in [-0.25, -0.2) is 4.79 Å². The molecule has 1 aromatic carbocycles.